The molecule has 2 N–H and O–H groups in total. The average Bonchev–Trinajstić information content (AvgIpc) is 2.47. The zero-order valence-corrected chi connectivity index (χ0v) is 11.6. The zero-order chi connectivity index (χ0) is 13.8. The molecule has 0 bridgehead atoms. The Morgan fingerprint density at radius 2 is 1.79 bits per heavy atom. The second kappa shape index (κ2) is 5.65. The second-order valence-corrected chi connectivity index (χ2v) is 4.33. The van der Waals surface area contributed by atoms with E-state index >= 15 is 0 Å². The van der Waals surface area contributed by atoms with Crippen molar-refractivity contribution in [1.29, 1.82) is 0 Å². The molecule has 0 aliphatic rings. The normalized spacial score (nSPS) is 10.3. The SMILES string of the molecule is CCc1cc(-c2cc(OC)ccc2OC)ccc1N. The van der Waals surface area contributed by atoms with Crippen LogP contribution in [0.4, 0.5) is 5.69 Å². The first-order valence-electron chi connectivity index (χ1n) is 6.30. The summed E-state index contributed by atoms with van der Waals surface area (Å²) in [5.41, 5.74) is 10.0. The highest BCUT2D eigenvalue weighted by molar-refractivity contribution is 5.74. The summed E-state index contributed by atoms with van der Waals surface area (Å²) in [4.78, 5) is 0. The molecule has 0 saturated carbocycles. The highest BCUT2D eigenvalue weighted by Crippen LogP contribution is 2.34. The van der Waals surface area contributed by atoms with Gasteiger partial charge in [0.25, 0.3) is 0 Å². The van der Waals surface area contributed by atoms with Gasteiger partial charge in [0.2, 0.25) is 0 Å². The van der Waals surface area contributed by atoms with Crippen LogP contribution in [0.25, 0.3) is 11.1 Å². The smallest absolute Gasteiger partial charge is 0.126 e. The maximum Gasteiger partial charge on any atom is 0.126 e. The topological polar surface area (TPSA) is 44.5 Å². The second-order valence-electron chi connectivity index (χ2n) is 4.33. The van der Waals surface area contributed by atoms with Crippen molar-refractivity contribution in [3.63, 3.8) is 0 Å². The summed E-state index contributed by atoms with van der Waals surface area (Å²) in [7, 11) is 3.33. The Hall–Kier alpha value is -2.16. The molecular weight excluding hydrogens is 238 g/mol. The van der Waals surface area contributed by atoms with Gasteiger partial charge in [-0.05, 0) is 47.9 Å². The van der Waals surface area contributed by atoms with Crippen molar-refractivity contribution in [3.8, 4) is 22.6 Å². The summed E-state index contributed by atoms with van der Waals surface area (Å²) >= 11 is 0. The Balaban J connectivity index is 2.56. The molecule has 0 aliphatic heterocycles. The lowest BCUT2D eigenvalue weighted by molar-refractivity contribution is 0.404. The highest BCUT2D eigenvalue weighted by atomic mass is 16.5. The van der Waals surface area contributed by atoms with Gasteiger partial charge in [-0.1, -0.05) is 13.0 Å². The Kier molecular flexibility index (Phi) is 3.95. The first-order chi connectivity index (χ1) is 9.19. The fraction of sp³-hybridized carbons (Fsp3) is 0.250. The third-order valence-electron chi connectivity index (χ3n) is 3.24. The summed E-state index contributed by atoms with van der Waals surface area (Å²) < 4.78 is 10.7. The predicted octanol–water partition coefficient (Wildman–Crippen LogP) is 3.52. The van der Waals surface area contributed by atoms with E-state index in [0.29, 0.717) is 0 Å². The van der Waals surface area contributed by atoms with Crippen LogP contribution >= 0.6 is 0 Å². The van der Waals surface area contributed by atoms with Crippen LogP contribution in [0, 0.1) is 0 Å². The lowest BCUT2D eigenvalue weighted by Gasteiger charge is -2.12. The van der Waals surface area contributed by atoms with E-state index in [1.807, 2.05) is 30.3 Å². The van der Waals surface area contributed by atoms with Gasteiger partial charge in [-0.25, -0.2) is 0 Å². The van der Waals surface area contributed by atoms with E-state index in [0.717, 1.165) is 40.3 Å². The predicted molar refractivity (Wildman–Crippen MR) is 78.8 cm³/mol. The standard InChI is InChI=1S/C16H19NO2/c1-4-11-9-12(5-7-15(11)17)14-10-13(18-2)6-8-16(14)19-3/h5-10H,4,17H2,1-3H3. The van der Waals surface area contributed by atoms with Crippen molar-refractivity contribution in [1.82, 2.24) is 0 Å². The first-order valence-corrected chi connectivity index (χ1v) is 6.30. The summed E-state index contributed by atoms with van der Waals surface area (Å²) in [5.74, 6) is 1.64. The van der Waals surface area contributed by atoms with Crippen molar-refractivity contribution < 1.29 is 9.47 Å². The minimum Gasteiger partial charge on any atom is -0.497 e. The molecule has 2 aromatic carbocycles. The quantitative estimate of drug-likeness (QED) is 0.852. The lowest BCUT2D eigenvalue weighted by atomic mass is 9.99. The summed E-state index contributed by atoms with van der Waals surface area (Å²) in [6, 6.07) is 11.8. The number of hydrogen-bond acceptors (Lipinski definition) is 3. The maximum absolute atomic E-state index is 5.95. The molecule has 3 nitrogen and oxygen atoms in total. The number of hydrogen-bond donors (Lipinski definition) is 1. The minimum absolute atomic E-state index is 0.811. The van der Waals surface area contributed by atoms with E-state index in [4.69, 9.17) is 15.2 Å². The van der Waals surface area contributed by atoms with Crippen molar-refractivity contribution in [2.24, 2.45) is 0 Å². The molecule has 0 aromatic heterocycles. The number of methoxy groups -OCH3 is 2. The van der Waals surface area contributed by atoms with Gasteiger partial charge in [0, 0.05) is 11.3 Å². The van der Waals surface area contributed by atoms with Gasteiger partial charge in [0.05, 0.1) is 14.2 Å². The molecule has 0 fully saturated rings. The van der Waals surface area contributed by atoms with E-state index in [9.17, 15) is 0 Å². The first kappa shape index (κ1) is 13.3. The third kappa shape index (κ3) is 2.65. The Bertz CT molecular complexity index is 579. The molecule has 0 saturated heterocycles. The molecule has 0 aliphatic carbocycles. The number of ether oxygens (including phenoxy) is 2. The molecule has 0 amide bonds. The van der Waals surface area contributed by atoms with Crippen LogP contribution in [0.2, 0.25) is 0 Å². The monoisotopic (exact) mass is 257 g/mol. The Morgan fingerprint density at radius 3 is 2.42 bits per heavy atom. The number of nitrogen functional groups attached to an aromatic ring is 1. The molecule has 0 atom stereocenters. The molecule has 0 radical (unpaired) electrons. The Morgan fingerprint density at radius 1 is 1.00 bits per heavy atom. The molecule has 100 valence electrons. The van der Waals surface area contributed by atoms with Crippen LogP contribution in [0.1, 0.15) is 12.5 Å². The zero-order valence-electron chi connectivity index (χ0n) is 11.6. The van der Waals surface area contributed by atoms with Crippen LogP contribution in [0.3, 0.4) is 0 Å². The van der Waals surface area contributed by atoms with Gasteiger partial charge < -0.3 is 15.2 Å². The molecular formula is C16H19NO2. The summed E-state index contributed by atoms with van der Waals surface area (Å²) in [6.07, 6.45) is 0.909. The van der Waals surface area contributed by atoms with Crippen LogP contribution in [0.15, 0.2) is 36.4 Å². The largest absolute Gasteiger partial charge is 0.497 e. The van der Waals surface area contributed by atoms with Gasteiger partial charge in [-0.2, -0.15) is 0 Å². The molecule has 0 spiro atoms. The van der Waals surface area contributed by atoms with Crippen LogP contribution in [0.5, 0.6) is 11.5 Å². The van der Waals surface area contributed by atoms with E-state index in [1.54, 1.807) is 14.2 Å². The van der Waals surface area contributed by atoms with Crippen LogP contribution in [-0.4, -0.2) is 14.2 Å². The van der Waals surface area contributed by atoms with Gasteiger partial charge in [-0.15, -0.1) is 0 Å². The lowest BCUT2D eigenvalue weighted by Crippen LogP contribution is -1.95. The van der Waals surface area contributed by atoms with Crippen molar-refractivity contribution in [2.75, 3.05) is 20.0 Å². The molecule has 3 heteroatoms. The van der Waals surface area contributed by atoms with Gasteiger partial charge in [-0.3, -0.25) is 0 Å². The van der Waals surface area contributed by atoms with Crippen LogP contribution in [-0.2, 0) is 6.42 Å². The van der Waals surface area contributed by atoms with Crippen molar-refractivity contribution in [2.45, 2.75) is 13.3 Å². The van der Waals surface area contributed by atoms with Gasteiger partial charge in [0.1, 0.15) is 11.5 Å². The molecule has 0 unspecified atom stereocenters. The van der Waals surface area contributed by atoms with Gasteiger partial charge in [0.15, 0.2) is 0 Å². The van der Waals surface area contributed by atoms with Crippen molar-refractivity contribution >= 4 is 5.69 Å². The number of anilines is 1. The molecule has 0 heterocycles. The highest BCUT2D eigenvalue weighted by Gasteiger charge is 2.09. The molecule has 2 aromatic rings. The van der Waals surface area contributed by atoms with E-state index in [1.165, 1.54) is 0 Å². The maximum atomic E-state index is 5.95. The Labute approximate surface area is 114 Å². The summed E-state index contributed by atoms with van der Waals surface area (Å²) in [5, 5.41) is 0. The van der Waals surface area contributed by atoms with Gasteiger partial charge >= 0.3 is 0 Å². The average molecular weight is 257 g/mol. The number of aryl methyl sites for hydroxylation is 1. The fourth-order valence-electron chi connectivity index (χ4n) is 2.12. The molecule has 19 heavy (non-hydrogen) atoms. The minimum atomic E-state index is 0.811. The number of rotatable bonds is 4. The summed E-state index contributed by atoms with van der Waals surface area (Å²) in [6.45, 7) is 2.10. The van der Waals surface area contributed by atoms with E-state index < -0.39 is 0 Å². The third-order valence-corrected chi connectivity index (χ3v) is 3.24. The van der Waals surface area contributed by atoms with Crippen molar-refractivity contribution in [3.05, 3.63) is 42.0 Å². The molecule has 2 rings (SSSR count). The number of nitrogens with two attached hydrogens (primary N) is 1. The fourth-order valence-corrected chi connectivity index (χ4v) is 2.12. The van der Waals surface area contributed by atoms with Crippen LogP contribution < -0.4 is 15.2 Å². The number of benzene rings is 2. The van der Waals surface area contributed by atoms with E-state index in [2.05, 4.69) is 13.0 Å². The van der Waals surface area contributed by atoms with E-state index in [-0.39, 0.29) is 0 Å².